The molecule has 0 aromatic heterocycles. The number of aliphatic hydroxyl groups excluding tert-OH is 2. The normalized spacial score (nSPS) is 15.1. The minimum absolute atomic E-state index is 0.189. The van der Waals surface area contributed by atoms with Gasteiger partial charge in [0.05, 0.1) is 32.5 Å². The van der Waals surface area contributed by atoms with Gasteiger partial charge < -0.3 is 19.7 Å². The van der Waals surface area contributed by atoms with E-state index in [-0.39, 0.29) is 19.8 Å². The summed E-state index contributed by atoms with van der Waals surface area (Å²) in [7, 11) is 0. The van der Waals surface area contributed by atoms with Gasteiger partial charge in [0.2, 0.25) is 0 Å². The monoisotopic (exact) mass is 204 g/mol. The van der Waals surface area contributed by atoms with E-state index < -0.39 is 12.2 Å². The van der Waals surface area contributed by atoms with Crippen LogP contribution >= 0.6 is 0 Å². The van der Waals surface area contributed by atoms with Gasteiger partial charge in [0.1, 0.15) is 6.10 Å². The van der Waals surface area contributed by atoms with Gasteiger partial charge in [0.15, 0.2) is 0 Å². The third-order valence-corrected chi connectivity index (χ3v) is 1.64. The van der Waals surface area contributed by atoms with Crippen molar-refractivity contribution in [1.29, 1.82) is 0 Å². The molecule has 2 unspecified atom stereocenters. The molecule has 84 valence electrons. The van der Waals surface area contributed by atoms with E-state index in [9.17, 15) is 5.11 Å². The Labute approximate surface area is 85.1 Å². The number of hydrogen-bond acceptors (Lipinski definition) is 4. The van der Waals surface area contributed by atoms with Crippen LogP contribution in [-0.4, -0.2) is 48.8 Å². The van der Waals surface area contributed by atoms with Crippen LogP contribution in [0.1, 0.15) is 13.3 Å². The van der Waals surface area contributed by atoms with Gasteiger partial charge in [-0.05, 0) is 6.42 Å². The maximum absolute atomic E-state index is 9.30. The summed E-state index contributed by atoms with van der Waals surface area (Å²) in [4.78, 5) is 0. The maximum atomic E-state index is 9.30. The average molecular weight is 204 g/mol. The summed E-state index contributed by atoms with van der Waals surface area (Å²) in [5, 5.41) is 18.4. The summed E-state index contributed by atoms with van der Waals surface area (Å²) in [6, 6.07) is 0. The summed E-state index contributed by atoms with van der Waals surface area (Å²) < 4.78 is 10.1. The van der Waals surface area contributed by atoms with Crippen molar-refractivity contribution < 1.29 is 19.7 Å². The van der Waals surface area contributed by atoms with Crippen LogP contribution < -0.4 is 0 Å². The molecule has 0 heterocycles. The first-order chi connectivity index (χ1) is 6.70. The van der Waals surface area contributed by atoms with E-state index in [1.165, 1.54) is 0 Å². The van der Waals surface area contributed by atoms with E-state index in [2.05, 4.69) is 6.58 Å². The predicted molar refractivity (Wildman–Crippen MR) is 54.1 cm³/mol. The van der Waals surface area contributed by atoms with Crippen LogP contribution in [0.5, 0.6) is 0 Å². The standard InChI is InChI=1S/C10H20O4/c1-3-5-13-7-10(12)8-14-6-9(11)4-2/h3,9-12H,1,4-8H2,2H3. The van der Waals surface area contributed by atoms with Gasteiger partial charge in [-0.25, -0.2) is 0 Å². The molecule has 0 aromatic carbocycles. The molecule has 14 heavy (non-hydrogen) atoms. The first-order valence-electron chi connectivity index (χ1n) is 4.83. The molecule has 0 aliphatic carbocycles. The Morgan fingerprint density at radius 3 is 2.29 bits per heavy atom. The van der Waals surface area contributed by atoms with Crippen molar-refractivity contribution in [1.82, 2.24) is 0 Å². The van der Waals surface area contributed by atoms with Gasteiger partial charge in [-0.15, -0.1) is 6.58 Å². The van der Waals surface area contributed by atoms with Crippen LogP contribution in [0, 0.1) is 0 Å². The minimum atomic E-state index is -0.640. The zero-order valence-electron chi connectivity index (χ0n) is 8.69. The molecule has 0 aliphatic rings. The molecular weight excluding hydrogens is 184 g/mol. The molecule has 2 atom stereocenters. The molecular formula is C10H20O4. The Morgan fingerprint density at radius 1 is 1.14 bits per heavy atom. The summed E-state index contributed by atoms with van der Waals surface area (Å²) >= 11 is 0. The lowest BCUT2D eigenvalue weighted by Crippen LogP contribution is -2.24. The molecule has 0 fully saturated rings. The molecule has 0 amide bonds. The van der Waals surface area contributed by atoms with Crippen LogP contribution in [-0.2, 0) is 9.47 Å². The van der Waals surface area contributed by atoms with Crippen LogP contribution in [0.15, 0.2) is 12.7 Å². The highest BCUT2D eigenvalue weighted by atomic mass is 16.5. The Balaban J connectivity index is 3.25. The molecule has 0 radical (unpaired) electrons. The Hall–Kier alpha value is -0.420. The van der Waals surface area contributed by atoms with Crippen molar-refractivity contribution in [3.05, 3.63) is 12.7 Å². The van der Waals surface area contributed by atoms with Crippen molar-refractivity contribution in [2.75, 3.05) is 26.4 Å². The van der Waals surface area contributed by atoms with Gasteiger partial charge in [-0.1, -0.05) is 13.0 Å². The van der Waals surface area contributed by atoms with Crippen molar-refractivity contribution in [3.8, 4) is 0 Å². The van der Waals surface area contributed by atoms with Crippen molar-refractivity contribution in [2.24, 2.45) is 0 Å². The fourth-order valence-corrected chi connectivity index (χ4v) is 0.793. The number of ether oxygens (including phenoxy) is 2. The maximum Gasteiger partial charge on any atom is 0.101 e. The summed E-state index contributed by atoms with van der Waals surface area (Å²) in [5.74, 6) is 0. The molecule has 2 N–H and O–H groups in total. The molecule has 4 nitrogen and oxygen atoms in total. The molecule has 0 aliphatic heterocycles. The van der Waals surface area contributed by atoms with Gasteiger partial charge in [-0.2, -0.15) is 0 Å². The van der Waals surface area contributed by atoms with Crippen molar-refractivity contribution in [2.45, 2.75) is 25.6 Å². The van der Waals surface area contributed by atoms with E-state index in [1.54, 1.807) is 6.08 Å². The van der Waals surface area contributed by atoms with Crippen LogP contribution in [0.2, 0.25) is 0 Å². The third-order valence-electron chi connectivity index (χ3n) is 1.64. The van der Waals surface area contributed by atoms with Crippen LogP contribution in [0.3, 0.4) is 0 Å². The minimum Gasteiger partial charge on any atom is -0.391 e. The van der Waals surface area contributed by atoms with Gasteiger partial charge in [-0.3, -0.25) is 0 Å². The van der Waals surface area contributed by atoms with Crippen molar-refractivity contribution >= 4 is 0 Å². The van der Waals surface area contributed by atoms with Crippen LogP contribution in [0.4, 0.5) is 0 Å². The zero-order chi connectivity index (χ0) is 10.8. The highest BCUT2D eigenvalue weighted by molar-refractivity contribution is 4.64. The van der Waals surface area contributed by atoms with Gasteiger partial charge in [0, 0.05) is 0 Å². The number of rotatable bonds is 9. The molecule has 0 saturated heterocycles. The van der Waals surface area contributed by atoms with E-state index >= 15 is 0 Å². The summed E-state index contributed by atoms with van der Waals surface area (Å²) in [5.41, 5.74) is 0. The lowest BCUT2D eigenvalue weighted by Gasteiger charge is -2.12. The average Bonchev–Trinajstić information content (AvgIpc) is 2.18. The van der Waals surface area contributed by atoms with Gasteiger partial charge in [0.25, 0.3) is 0 Å². The molecule has 4 heteroatoms. The fraction of sp³-hybridized carbons (Fsp3) is 0.800. The SMILES string of the molecule is C=CCOCC(O)COCC(O)CC. The highest BCUT2D eigenvalue weighted by Gasteiger charge is 2.06. The van der Waals surface area contributed by atoms with Gasteiger partial charge >= 0.3 is 0 Å². The lowest BCUT2D eigenvalue weighted by atomic mass is 10.3. The van der Waals surface area contributed by atoms with E-state index in [0.29, 0.717) is 13.0 Å². The fourth-order valence-electron chi connectivity index (χ4n) is 0.793. The number of hydrogen-bond donors (Lipinski definition) is 2. The van der Waals surface area contributed by atoms with Crippen LogP contribution in [0.25, 0.3) is 0 Å². The Bertz CT molecular complexity index is 138. The molecule has 0 spiro atoms. The molecule has 0 rings (SSSR count). The molecule has 0 saturated carbocycles. The third kappa shape index (κ3) is 8.19. The molecule has 0 bridgehead atoms. The lowest BCUT2D eigenvalue weighted by molar-refractivity contribution is -0.0359. The summed E-state index contributed by atoms with van der Waals surface area (Å²) in [6.07, 6.45) is 1.19. The predicted octanol–water partition coefficient (Wildman–Crippen LogP) is 0.337. The number of aliphatic hydroxyl groups is 2. The highest BCUT2D eigenvalue weighted by Crippen LogP contribution is 1.93. The van der Waals surface area contributed by atoms with E-state index in [1.807, 2.05) is 6.92 Å². The Morgan fingerprint density at radius 2 is 1.71 bits per heavy atom. The largest absolute Gasteiger partial charge is 0.391 e. The van der Waals surface area contributed by atoms with E-state index in [0.717, 1.165) is 0 Å². The second kappa shape index (κ2) is 9.15. The second-order valence-corrected chi connectivity index (χ2v) is 3.08. The zero-order valence-corrected chi connectivity index (χ0v) is 8.69. The van der Waals surface area contributed by atoms with Crippen molar-refractivity contribution in [3.63, 3.8) is 0 Å². The molecule has 0 aromatic rings. The smallest absolute Gasteiger partial charge is 0.101 e. The Kier molecular flexibility index (Phi) is 8.87. The topological polar surface area (TPSA) is 58.9 Å². The first kappa shape index (κ1) is 13.6. The first-order valence-corrected chi connectivity index (χ1v) is 4.83. The summed E-state index contributed by atoms with van der Waals surface area (Å²) in [6.45, 7) is 6.46. The van der Waals surface area contributed by atoms with E-state index in [4.69, 9.17) is 14.6 Å². The second-order valence-electron chi connectivity index (χ2n) is 3.08. The quantitative estimate of drug-likeness (QED) is 0.420.